The predicted octanol–water partition coefficient (Wildman–Crippen LogP) is 5.41. The second-order valence-electron chi connectivity index (χ2n) is 12.2. The van der Waals surface area contributed by atoms with Crippen LogP contribution in [0.1, 0.15) is 42.0 Å². The molecule has 0 bridgehead atoms. The van der Waals surface area contributed by atoms with E-state index >= 15 is 0 Å². The van der Waals surface area contributed by atoms with E-state index in [9.17, 15) is 21.6 Å². The van der Waals surface area contributed by atoms with Crippen molar-refractivity contribution in [3.05, 3.63) is 107 Å². The van der Waals surface area contributed by atoms with Gasteiger partial charge >= 0.3 is 6.09 Å². The average Bonchev–Trinajstić information content (AvgIpc) is 3.11. The molecule has 14 heteroatoms. The van der Waals surface area contributed by atoms with Crippen LogP contribution in [0.3, 0.4) is 0 Å². The van der Waals surface area contributed by atoms with Crippen molar-refractivity contribution in [2.75, 3.05) is 30.3 Å². The van der Waals surface area contributed by atoms with Crippen LogP contribution >= 0.6 is 0 Å². The van der Waals surface area contributed by atoms with Gasteiger partial charge in [-0.1, -0.05) is 36.4 Å². The maximum atomic E-state index is 13.0. The van der Waals surface area contributed by atoms with E-state index < -0.39 is 26.1 Å². The summed E-state index contributed by atoms with van der Waals surface area (Å²) in [5.41, 5.74) is 10.3. The zero-order valence-corrected chi connectivity index (χ0v) is 30.5. The number of carbonyl (C=O) groups excluding carboxylic acids is 1. The highest BCUT2D eigenvalue weighted by atomic mass is 32.2. The van der Waals surface area contributed by atoms with Crippen LogP contribution in [0, 0.1) is 0 Å². The maximum absolute atomic E-state index is 13.0. The number of nitrogens with two attached hydrogens (primary N) is 1. The number of sulfonamides is 2. The summed E-state index contributed by atoms with van der Waals surface area (Å²) >= 11 is 0. The molecule has 6 rings (SSSR count). The molecule has 272 valence electrons. The molecule has 0 aromatic heterocycles. The fraction of sp³-hybridized carbons (Fsp3) is 0.324. The first-order valence-corrected chi connectivity index (χ1v) is 19.6. The third kappa shape index (κ3) is 9.12. The van der Waals surface area contributed by atoms with E-state index in [1.807, 2.05) is 12.1 Å². The predicted molar refractivity (Wildman–Crippen MR) is 196 cm³/mol. The van der Waals surface area contributed by atoms with E-state index in [1.165, 1.54) is 0 Å². The first-order valence-electron chi connectivity index (χ1n) is 16.7. The van der Waals surface area contributed by atoms with Gasteiger partial charge in [-0.25, -0.2) is 21.6 Å². The first kappa shape index (κ1) is 37.5. The summed E-state index contributed by atoms with van der Waals surface area (Å²) in [6.07, 6.45) is 3.18. The van der Waals surface area contributed by atoms with Gasteiger partial charge in [0.1, 0.15) is 11.5 Å². The molecule has 0 unspecified atom stereocenters. The zero-order valence-electron chi connectivity index (χ0n) is 28.8. The number of hydrogen-bond donors (Lipinski definition) is 4. The molecule has 0 heterocycles. The van der Waals surface area contributed by atoms with Crippen LogP contribution in [0.2, 0.25) is 0 Å². The van der Waals surface area contributed by atoms with Crippen molar-refractivity contribution in [3.8, 4) is 11.5 Å². The lowest BCUT2D eigenvalue weighted by Gasteiger charge is -2.28. The van der Waals surface area contributed by atoms with Crippen molar-refractivity contribution < 1.29 is 35.8 Å². The molecule has 0 aliphatic heterocycles. The minimum atomic E-state index is -3.75. The summed E-state index contributed by atoms with van der Waals surface area (Å²) in [5.74, 6) is 1.32. The number of para-hydroxylation sites is 2. The van der Waals surface area contributed by atoms with Crippen LogP contribution < -0.4 is 30.0 Å². The smallest absolute Gasteiger partial charge is 0.407 e. The minimum Gasteiger partial charge on any atom is -0.496 e. The highest BCUT2D eigenvalue weighted by molar-refractivity contribution is 7.93. The van der Waals surface area contributed by atoms with Crippen molar-refractivity contribution in [3.63, 3.8) is 0 Å². The second kappa shape index (κ2) is 16.5. The van der Waals surface area contributed by atoms with Gasteiger partial charge in [0.05, 0.1) is 30.6 Å². The quantitative estimate of drug-likeness (QED) is 0.166. The van der Waals surface area contributed by atoms with Gasteiger partial charge in [-0.3, -0.25) is 9.44 Å². The van der Waals surface area contributed by atoms with E-state index in [0.717, 1.165) is 28.7 Å². The Morgan fingerprint density at radius 3 is 1.63 bits per heavy atom. The zero-order chi connectivity index (χ0) is 36.6. The lowest BCUT2D eigenvalue weighted by molar-refractivity contribution is 0.147. The summed E-state index contributed by atoms with van der Waals surface area (Å²) in [5, 5.41) is 2.83. The van der Waals surface area contributed by atoms with Gasteiger partial charge in [0.15, 0.2) is 0 Å². The summed E-state index contributed by atoms with van der Waals surface area (Å²) in [6.45, 7) is 2.04. The molecular formula is C37H44N4O8S2. The van der Waals surface area contributed by atoms with Gasteiger partial charge in [-0.05, 0) is 105 Å². The van der Waals surface area contributed by atoms with Gasteiger partial charge in [0.25, 0.3) is 20.0 Å². The third-order valence-corrected chi connectivity index (χ3v) is 11.7. The van der Waals surface area contributed by atoms with E-state index in [0.29, 0.717) is 66.5 Å². The Hall–Kier alpha value is -4.79. The monoisotopic (exact) mass is 736 g/mol. The summed E-state index contributed by atoms with van der Waals surface area (Å²) in [4.78, 5) is 12.3. The second-order valence-corrected chi connectivity index (χ2v) is 15.5. The molecule has 0 spiro atoms. The molecule has 0 radical (unpaired) electrons. The van der Waals surface area contributed by atoms with E-state index in [1.54, 1.807) is 93.9 Å². The molecule has 5 N–H and O–H groups in total. The molecule has 0 fully saturated rings. The fourth-order valence-corrected chi connectivity index (χ4v) is 9.14. The van der Waals surface area contributed by atoms with Crippen molar-refractivity contribution in [1.82, 2.24) is 5.32 Å². The van der Waals surface area contributed by atoms with Gasteiger partial charge < -0.3 is 25.3 Å². The standard InChI is InChI=1S/C20H24N2O5S.C17H20N2O3S/c1-3-27-20(23)21-15-9-10-16-17(13-15)18(26-2)11-12-19(16)28(24,25)22-14-7-5-4-6-8-14;1-22-16-9-10-17(14-8-7-12(18)11-15(14)16)23(20,21)19-13-5-3-2-4-6-13/h4-8,11-12,15,22H,3,9-10,13H2,1-2H3,(H,21,23);2-6,9-10,12,19H,7-8,11,18H2,1H3/t15-;12-/m00/s1. The maximum Gasteiger partial charge on any atom is 0.407 e. The molecule has 0 saturated heterocycles. The Morgan fingerprint density at radius 2 is 1.16 bits per heavy atom. The highest BCUT2D eigenvalue weighted by Crippen LogP contribution is 2.36. The number of anilines is 2. The number of rotatable bonds is 10. The number of amides is 1. The van der Waals surface area contributed by atoms with Gasteiger partial charge in [-0.15, -0.1) is 0 Å². The van der Waals surface area contributed by atoms with Crippen molar-refractivity contribution in [1.29, 1.82) is 0 Å². The lowest BCUT2D eigenvalue weighted by atomic mass is 9.87. The number of ether oxygens (including phenoxy) is 3. The van der Waals surface area contributed by atoms with E-state index in [4.69, 9.17) is 19.9 Å². The van der Waals surface area contributed by atoms with Gasteiger partial charge in [0.2, 0.25) is 0 Å². The molecule has 4 aromatic carbocycles. The molecule has 2 atom stereocenters. The van der Waals surface area contributed by atoms with Crippen LogP contribution in [-0.2, 0) is 50.5 Å². The Kier molecular flexibility index (Phi) is 12.1. The Labute approximate surface area is 299 Å². The average molecular weight is 737 g/mol. The summed E-state index contributed by atoms with van der Waals surface area (Å²) in [7, 11) is -4.25. The van der Waals surface area contributed by atoms with Crippen molar-refractivity contribution >= 4 is 37.5 Å². The SMILES string of the molecule is CCOC(=O)N[C@H]1CCc2c(S(=O)(=O)Nc3ccccc3)ccc(OC)c2C1.COc1ccc(S(=O)(=O)Nc2ccccc2)c2c1C[C@@H](N)CC2. The largest absolute Gasteiger partial charge is 0.496 e. The number of hydrogen-bond acceptors (Lipinski definition) is 9. The number of carbonyl (C=O) groups is 1. The molecule has 12 nitrogen and oxygen atoms in total. The molecular weight excluding hydrogens is 693 g/mol. The number of benzene rings is 4. The molecule has 2 aliphatic carbocycles. The van der Waals surface area contributed by atoms with E-state index in [-0.39, 0.29) is 17.0 Å². The molecule has 51 heavy (non-hydrogen) atoms. The van der Waals surface area contributed by atoms with Crippen LogP contribution in [-0.4, -0.2) is 55.8 Å². The number of alkyl carbamates (subject to hydrolysis) is 1. The van der Waals surface area contributed by atoms with Crippen LogP contribution in [0.15, 0.2) is 94.7 Å². The van der Waals surface area contributed by atoms with Crippen LogP contribution in [0.5, 0.6) is 11.5 Å². The molecule has 1 amide bonds. The Morgan fingerprint density at radius 1 is 0.686 bits per heavy atom. The molecule has 0 saturated carbocycles. The third-order valence-electron chi connectivity index (χ3n) is 8.78. The number of methoxy groups -OCH3 is 2. The highest BCUT2D eigenvalue weighted by Gasteiger charge is 2.30. The lowest BCUT2D eigenvalue weighted by Crippen LogP contribution is -2.39. The summed E-state index contributed by atoms with van der Waals surface area (Å²) < 4.78 is 72.5. The topological polar surface area (TPSA) is 175 Å². The summed E-state index contributed by atoms with van der Waals surface area (Å²) in [6, 6.07) is 24.1. The fourth-order valence-electron chi connectivity index (χ4n) is 6.44. The van der Waals surface area contributed by atoms with E-state index in [2.05, 4.69) is 14.8 Å². The Bertz CT molecular complexity index is 2040. The minimum absolute atomic E-state index is 0.0384. The van der Waals surface area contributed by atoms with Crippen molar-refractivity contribution in [2.45, 2.75) is 67.3 Å². The van der Waals surface area contributed by atoms with Gasteiger partial charge in [0, 0.05) is 34.6 Å². The number of nitrogens with one attached hydrogen (secondary N) is 3. The van der Waals surface area contributed by atoms with Crippen molar-refractivity contribution in [2.24, 2.45) is 5.73 Å². The van der Waals surface area contributed by atoms with Crippen LogP contribution in [0.4, 0.5) is 16.2 Å². The Balaban J connectivity index is 0.000000201. The van der Waals surface area contributed by atoms with Gasteiger partial charge in [-0.2, -0.15) is 0 Å². The molecule has 4 aromatic rings. The van der Waals surface area contributed by atoms with Crippen LogP contribution in [0.25, 0.3) is 0 Å². The normalized spacial score (nSPS) is 16.6. The number of fused-ring (bicyclic) bond motifs is 2. The molecule has 2 aliphatic rings. The first-order chi connectivity index (χ1) is 24.5.